The molecule has 0 saturated carbocycles. The number of pyridine rings is 1. The third kappa shape index (κ3) is 3.72. The molecule has 3 heterocycles. The number of hydrogen-bond acceptors (Lipinski definition) is 5. The number of carboxylic acid groups (broad SMARTS) is 1. The van der Waals surface area contributed by atoms with Crippen LogP contribution in [0.15, 0.2) is 46.2 Å². The highest BCUT2D eigenvalue weighted by atomic mass is 32.2. The molecule has 1 aromatic carbocycles. The van der Waals surface area contributed by atoms with Gasteiger partial charge in [-0.05, 0) is 37.1 Å². The molecule has 0 amide bonds. The highest BCUT2D eigenvalue weighted by molar-refractivity contribution is 7.89. The monoisotopic (exact) mass is 452 g/mol. The van der Waals surface area contributed by atoms with Crippen LogP contribution in [-0.2, 0) is 21.4 Å². The van der Waals surface area contributed by atoms with Crippen LogP contribution in [0.5, 0.6) is 0 Å². The molecule has 1 aliphatic heterocycles. The second kappa shape index (κ2) is 7.85. The number of rotatable bonds is 5. The molecule has 0 aliphatic carbocycles. The Balaban J connectivity index is 1.62. The summed E-state index contributed by atoms with van der Waals surface area (Å²) in [5.41, 5.74) is 0.153. The summed E-state index contributed by atoms with van der Waals surface area (Å²) in [6, 6.07) is 5.06. The minimum atomic E-state index is -4.17. The normalized spacial score (nSPS) is 16.1. The van der Waals surface area contributed by atoms with Gasteiger partial charge in [-0.15, -0.1) is 0 Å². The van der Waals surface area contributed by atoms with Crippen molar-refractivity contribution in [2.75, 3.05) is 13.1 Å². The standard InChI is InChI=1S/C19H18F2N4O5S/c20-12-3-4-16(14(21)10-12)31(29,30)23-8-5-13(6-9-23)25-18-15(2-1-7-22-18)24(19(25)28)11-17(26)27/h1-4,7,10,13H,5-6,8-9,11H2,(H,26,27). The van der Waals surface area contributed by atoms with Gasteiger partial charge in [0, 0.05) is 31.4 Å². The number of aromatic nitrogens is 3. The van der Waals surface area contributed by atoms with Crippen molar-refractivity contribution in [2.45, 2.75) is 30.3 Å². The lowest BCUT2D eigenvalue weighted by atomic mass is 10.1. The smallest absolute Gasteiger partial charge is 0.331 e. The first-order valence-electron chi connectivity index (χ1n) is 9.43. The number of sulfonamides is 1. The van der Waals surface area contributed by atoms with E-state index in [2.05, 4.69) is 4.98 Å². The molecule has 1 fully saturated rings. The zero-order chi connectivity index (χ0) is 22.3. The molecule has 164 valence electrons. The Hall–Kier alpha value is -3.12. The Morgan fingerprint density at radius 1 is 1.19 bits per heavy atom. The predicted octanol–water partition coefficient (Wildman–Crippen LogP) is 1.59. The number of nitrogens with zero attached hydrogens (tertiary/aromatic N) is 4. The lowest BCUT2D eigenvalue weighted by molar-refractivity contribution is -0.137. The summed E-state index contributed by atoms with van der Waals surface area (Å²) >= 11 is 0. The SMILES string of the molecule is O=C(O)Cn1c(=O)n(C2CCN(S(=O)(=O)c3ccc(F)cc3F)CC2)c2ncccc21. The second-order valence-corrected chi connectivity index (χ2v) is 9.09. The van der Waals surface area contributed by atoms with Crippen molar-refractivity contribution in [2.24, 2.45) is 0 Å². The van der Waals surface area contributed by atoms with Gasteiger partial charge < -0.3 is 5.11 Å². The Labute approximate surface area is 175 Å². The van der Waals surface area contributed by atoms with E-state index in [9.17, 15) is 26.8 Å². The molecular weight excluding hydrogens is 434 g/mol. The van der Waals surface area contributed by atoms with Gasteiger partial charge in [0.1, 0.15) is 23.1 Å². The van der Waals surface area contributed by atoms with E-state index in [1.807, 2.05) is 0 Å². The van der Waals surface area contributed by atoms with Crippen molar-refractivity contribution in [1.29, 1.82) is 0 Å². The van der Waals surface area contributed by atoms with Gasteiger partial charge in [0.2, 0.25) is 10.0 Å². The highest BCUT2D eigenvalue weighted by Crippen LogP contribution is 2.29. The van der Waals surface area contributed by atoms with Crippen molar-refractivity contribution >= 4 is 27.2 Å². The molecule has 0 radical (unpaired) electrons. The van der Waals surface area contributed by atoms with Gasteiger partial charge in [0.05, 0.1) is 5.52 Å². The number of benzene rings is 1. The fourth-order valence-corrected chi connectivity index (χ4v) is 5.40. The van der Waals surface area contributed by atoms with Crippen LogP contribution >= 0.6 is 0 Å². The molecule has 12 heteroatoms. The van der Waals surface area contributed by atoms with E-state index in [4.69, 9.17) is 5.11 Å². The maximum absolute atomic E-state index is 14.0. The van der Waals surface area contributed by atoms with E-state index in [-0.39, 0.29) is 25.9 Å². The Morgan fingerprint density at radius 3 is 2.55 bits per heavy atom. The predicted molar refractivity (Wildman–Crippen MR) is 105 cm³/mol. The number of halogens is 2. The van der Waals surface area contributed by atoms with Gasteiger partial charge in [0.15, 0.2) is 5.65 Å². The fourth-order valence-electron chi connectivity index (χ4n) is 3.89. The molecule has 0 spiro atoms. The average Bonchev–Trinajstić information content (AvgIpc) is 2.99. The van der Waals surface area contributed by atoms with E-state index in [1.54, 1.807) is 12.1 Å². The zero-order valence-corrected chi connectivity index (χ0v) is 16.9. The Kier molecular flexibility index (Phi) is 5.35. The van der Waals surface area contributed by atoms with Crippen LogP contribution in [0.25, 0.3) is 11.2 Å². The van der Waals surface area contributed by atoms with E-state index in [1.165, 1.54) is 10.8 Å². The van der Waals surface area contributed by atoms with Gasteiger partial charge in [0.25, 0.3) is 0 Å². The number of piperidine rings is 1. The molecule has 0 bridgehead atoms. The van der Waals surface area contributed by atoms with E-state index >= 15 is 0 Å². The molecule has 1 N–H and O–H groups in total. The summed E-state index contributed by atoms with van der Waals surface area (Å²) in [4.78, 5) is 27.7. The molecule has 1 saturated heterocycles. The first-order chi connectivity index (χ1) is 14.7. The minimum absolute atomic E-state index is 0.00862. The third-order valence-corrected chi connectivity index (χ3v) is 7.25. The summed E-state index contributed by atoms with van der Waals surface area (Å²) in [5, 5.41) is 9.13. The summed E-state index contributed by atoms with van der Waals surface area (Å²) in [6.07, 6.45) is 1.97. The van der Waals surface area contributed by atoms with Crippen LogP contribution < -0.4 is 5.69 Å². The van der Waals surface area contributed by atoms with E-state index < -0.39 is 50.8 Å². The largest absolute Gasteiger partial charge is 0.480 e. The van der Waals surface area contributed by atoms with Crippen molar-refractivity contribution in [3.8, 4) is 0 Å². The maximum Gasteiger partial charge on any atom is 0.331 e. The van der Waals surface area contributed by atoms with Crippen molar-refractivity contribution in [3.63, 3.8) is 0 Å². The van der Waals surface area contributed by atoms with Gasteiger partial charge in [-0.25, -0.2) is 27.0 Å². The summed E-state index contributed by atoms with van der Waals surface area (Å²) in [7, 11) is -4.17. The minimum Gasteiger partial charge on any atom is -0.480 e. The van der Waals surface area contributed by atoms with E-state index in [0.29, 0.717) is 17.2 Å². The third-order valence-electron chi connectivity index (χ3n) is 5.32. The summed E-state index contributed by atoms with van der Waals surface area (Å²) < 4.78 is 56.3. The average molecular weight is 452 g/mol. The van der Waals surface area contributed by atoms with Crippen LogP contribution in [-0.4, -0.2) is 51.0 Å². The summed E-state index contributed by atoms with van der Waals surface area (Å²) in [6.45, 7) is -0.505. The van der Waals surface area contributed by atoms with Crippen LogP contribution in [0.3, 0.4) is 0 Å². The van der Waals surface area contributed by atoms with Crippen LogP contribution in [0, 0.1) is 11.6 Å². The molecule has 2 aromatic heterocycles. The van der Waals surface area contributed by atoms with Crippen molar-refractivity contribution < 1.29 is 27.1 Å². The lowest BCUT2D eigenvalue weighted by Crippen LogP contribution is -2.41. The topological polar surface area (TPSA) is 114 Å². The van der Waals surface area contributed by atoms with E-state index in [0.717, 1.165) is 21.0 Å². The number of aliphatic carboxylic acids is 1. The molecular formula is C19H18F2N4O5S. The number of carboxylic acids is 1. The number of fused-ring (bicyclic) bond motifs is 1. The Morgan fingerprint density at radius 2 is 1.90 bits per heavy atom. The second-order valence-electron chi connectivity index (χ2n) is 7.19. The molecule has 3 aromatic rings. The summed E-state index contributed by atoms with van der Waals surface area (Å²) in [5.74, 6) is -3.22. The Bertz CT molecular complexity index is 1330. The molecule has 0 unspecified atom stereocenters. The van der Waals surface area contributed by atoms with Crippen molar-refractivity contribution in [3.05, 3.63) is 58.6 Å². The van der Waals surface area contributed by atoms with Crippen molar-refractivity contribution in [1.82, 2.24) is 18.4 Å². The number of imidazole rings is 1. The van der Waals surface area contributed by atoms with Crippen LogP contribution in [0.1, 0.15) is 18.9 Å². The van der Waals surface area contributed by atoms with Gasteiger partial charge in [-0.3, -0.25) is 13.9 Å². The fraction of sp³-hybridized carbons (Fsp3) is 0.316. The van der Waals surface area contributed by atoms with Crippen LogP contribution in [0.4, 0.5) is 8.78 Å². The van der Waals surface area contributed by atoms with Gasteiger partial charge in [-0.1, -0.05) is 0 Å². The highest BCUT2D eigenvalue weighted by Gasteiger charge is 2.33. The van der Waals surface area contributed by atoms with Gasteiger partial charge in [-0.2, -0.15) is 4.31 Å². The quantitative estimate of drug-likeness (QED) is 0.629. The molecule has 31 heavy (non-hydrogen) atoms. The molecule has 9 nitrogen and oxygen atoms in total. The first kappa shape index (κ1) is 21.1. The molecule has 1 aliphatic rings. The van der Waals surface area contributed by atoms with Crippen LogP contribution in [0.2, 0.25) is 0 Å². The first-order valence-corrected chi connectivity index (χ1v) is 10.9. The molecule has 4 rings (SSSR count). The van der Waals surface area contributed by atoms with Gasteiger partial charge >= 0.3 is 11.7 Å². The zero-order valence-electron chi connectivity index (χ0n) is 16.1. The lowest BCUT2D eigenvalue weighted by Gasteiger charge is -2.31. The number of carbonyl (C=O) groups is 1. The maximum atomic E-state index is 14.0. The molecule has 0 atom stereocenters. The number of hydrogen-bond donors (Lipinski definition) is 1.